The lowest BCUT2D eigenvalue weighted by atomic mass is 9.99. The van der Waals surface area contributed by atoms with E-state index in [-0.39, 0.29) is 11.0 Å². The fourth-order valence-corrected chi connectivity index (χ4v) is 4.89. The van der Waals surface area contributed by atoms with Crippen LogP contribution in [0.2, 0.25) is 0 Å². The van der Waals surface area contributed by atoms with Gasteiger partial charge in [-0.1, -0.05) is 49.4 Å². The summed E-state index contributed by atoms with van der Waals surface area (Å²) in [4.78, 5) is 28.7. The van der Waals surface area contributed by atoms with Crippen LogP contribution in [0.3, 0.4) is 0 Å². The summed E-state index contributed by atoms with van der Waals surface area (Å²) >= 11 is 6.74. The Morgan fingerprint density at radius 2 is 1.72 bits per heavy atom. The second-order valence-electron chi connectivity index (χ2n) is 7.50. The molecule has 32 heavy (non-hydrogen) atoms. The molecule has 0 spiro atoms. The number of halogens is 2. The first-order valence-corrected chi connectivity index (χ1v) is 11.8. The fourth-order valence-electron chi connectivity index (χ4n) is 3.76. The first-order valence-electron chi connectivity index (χ1n) is 10.2. The van der Waals surface area contributed by atoms with Crippen LogP contribution in [-0.4, -0.2) is 20.6 Å². The topological polar surface area (TPSA) is 72.2 Å². The summed E-state index contributed by atoms with van der Waals surface area (Å²) in [5.74, 6) is 0.0152. The summed E-state index contributed by atoms with van der Waals surface area (Å²) in [5.41, 5.74) is 4.40. The van der Waals surface area contributed by atoms with Gasteiger partial charge in [-0.3, -0.25) is 4.79 Å². The first kappa shape index (κ1) is 22.4. The maximum Gasteiger partial charge on any atom is 0.336 e. The molecule has 0 unspecified atom stereocenters. The number of aryl methyl sites for hydroxylation is 1. The fraction of sp³-hybridized carbons (Fsp3) is 0.160. The van der Waals surface area contributed by atoms with Crippen LogP contribution in [0.15, 0.2) is 74.4 Å². The summed E-state index contributed by atoms with van der Waals surface area (Å²) in [6.45, 7) is 2.70. The quantitative estimate of drug-likeness (QED) is 0.303. The molecule has 0 saturated heterocycles. The molecule has 1 N–H and O–H groups in total. The van der Waals surface area contributed by atoms with Gasteiger partial charge in [0.25, 0.3) is 0 Å². The predicted octanol–water partition coefficient (Wildman–Crippen LogP) is 6.29. The molecule has 4 rings (SSSR count). The summed E-state index contributed by atoms with van der Waals surface area (Å²) < 4.78 is 3.08. The molecule has 3 aromatic carbocycles. The van der Waals surface area contributed by atoms with Crippen molar-refractivity contribution in [1.29, 1.82) is 0 Å². The van der Waals surface area contributed by atoms with Gasteiger partial charge < -0.3 is 9.67 Å². The summed E-state index contributed by atoms with van der Waals surface area (Å²) in [7, 11) is 0. The third kappa shape index (κ3) is 4.40. The van der Waals surface area contributed by atoms with Crippen molar-refractivity contribution < 1.29 is 9.90 Å². The third-order valence-corrected chi connectivity index (χ3v) is 6.49. The van der Waals surface area contributed by atoms with E-state index in [9.17, 15) is 14.7 Å². The van der Waals surface area contributed by atoms with Crippen LogP contribution >= 0.6 is 31.9 Å². The standard InChI is InChI=1S/C25H20Br2N2O3/c1-2-5-23-28-21-12-19(26)24(30)20(27)13-22(21)29(23)14-15-8-10-16(11-9-15)17-6-3-4-7-18(17)25(31)32/h3-4,6-13H,2,5,14H2,1H3,(H,31,32). The normalized spacial score (nSPS) is 11.1. The molecular weight excluding hydrogens is 536 g/mol. The molecule has 0 bridgehead atoms. The summed E-state index contributed by atoms with van der Waals surface area (Å²) in [6.07, 6.45) is 1.78. The number of carboxylic acids is 1. The van der Waals surface area contributed by atoms with Crippen molar-refractivity contribution in [2.75, 3.05) is 0 Å². The highest BCUT2D eigenvalue weighted by Gasteiger charge is 2.14. The van der Waals surface area contributed by atoms with Crippen LogP contribution in [0.5, 0.6) is 0 Å². The van der Waals surface area contributed by atoms with Crippen LogP contribution in [-0.2, 0) is 13.0 Å². The molecule has 0 aliphatic carbocycles. The van der Waals surface area contributed by atoms with E-state index in [4.69, 9.17) is 4.98 Å². The Morgan fingerprint density at radius 3 is 2.41 bits per heavy atom. The molecule has 1 aromatic heterocycles. The number of aromatic carboxylic acids is 1. The monoisotopic (exact) mass is 554 g/mol. The van der Waals surface area contributed by atoms with E-state index in [1.807, 2.05) is 42.5 Å². The van der Waals surface area contributed by atoms with Gasteiger partial charge in [0.1, 0.15) is 5.82 Å². The average Bonchev–Trinajstić information content (AvgIpc) is 3.04. The zero-order chi connectivity index (χ0) is 22.8. The van der Waals surface area contributed by atoms with E-state index < -0.39 is 5.97 Å². The molecule has 0 saturated carbocycles. The lowest BCUT2D eigenvalue weighted by molar-refractivity contribution is 0.0697. The second kappa shape index (κ2) is 9.38. The van der Waals surface area contributed by atoms with Gasteiger partial charge in [0, 0.05) is 13.0 Å². The largest absolute Gasteiger partial charge is 0.478 e. The van der Waals surface area contributed by atoms with Crippen molar-refractivity contribution in [3.8, 4) is 11.1 Å². The molecule has 0 amide bonds. The number of rotatable bonds is 6. The number of hydrogen-bond acceptors (Lipinski definition) is 3. The predicted molar refractivity (Wildman–Crippen MR) is 133 cm³/mol. The second-order valence-corrected chi connectivity index (χ2v) is 9.20. The van der Waals surface area contributed by atoms with Gasteiger partial charge in [0.05, 0.1) is 25.5 Å². The Morgan fingerprint density at radius 1 is 1.03 bits per heavy atom. The Kier molecular flexibility index (Phi) is 6.58. The third-order valence-electron chi connectivity index (χ3n) is 5.31. The highest BCUT2D eigenvalue weighted by molar-refractivity contribution is 9.11. The number of hydrogen-bond donors (Lipinski definition) is 1. The van der Waals surface area contributed by atoms with Gasteiger partial charge in [-0.05, 0) is 73.2 Å². The van der Waals surface area contributed by atoms with E-state index in [1.165, 1.54) is 0 Å². The molecule has 162 valence electrons. The van der Waals surface area contributed by atoms with E-state index in [0.717, 1.165) is 40.8 Å². The Balaban J connectivity index is 1.76. The number of imidazole rings is 1. The van der Waals surface area contributed by atoms with Crippen molar-refractivity contribution in [2.45, 2.75) is 26.3 Å². The molecule has 0 fully saturated rings. The smallest absolute Gasteiger partial charge is 0.336 e. The van der Waals surface area contributed by atoms with Crippen molar-refractivity contribution in [2.24, 2.45) is 0 Å². The Hall–Kier alpha value is -2.77. The molecule has 4 aromatic rings. The number of fused-ring (bicyclic) bond motifs is 1. The van der Waals surface area contributed by atoms with E-state index in [2.05, 4.69) is 43.4 Å². The van der Waals surface area contributed by atoms with Crippen molar-refractivity contribution in [1.82, 2.24) is 9.55 Å². The molecule has 5 nitrogen and oxygen atoms in total. The van der Waals surface area contributed by atoms with Crippen molar-refractivity contribution >= 4 is 48.9 Å². The Labute approximate surface area is 202 Å². The van der Waals surface area contributed by atoms with Crippen LogP contribution in [0.1, 0.15) is 35.1 Å². The highest BCUT2D eigenvalue weighted by atomic mass is 79.9. The molecule has 0 aliphatic rings. The van der Waals surface area contributed by atoms with Gasteiger partial charge in [0.2, 0.25) is 5.43 Å². The van der Waals surface area contributed by atoms with Gasteiger partial charge in [-0.25, -0.2) is 9.78 Å². The van der Waals surface area contributed by atoms with E-state index in [1.54, 1.807) is 18.2 Å². The van der Waals surface area contributed by atoms with Crippen LogP contribution in [0.25, 0.3) is 22.2 Å². The van der Waals surface area contributed by atoms with Gasteiger partial charge in [0.15, 0.2) is 0 Å². The van der Waals surface area contributed by atoms with E-state index in [0.29, 0.717) is 21.1 Å². The van der Waals surface area contributed by atoms with Crippen molar-refractivity contribution in [3.63, 3.8) is 0 Å². The minimum atomic E-state index is -0.943. The van der Waals surface area contributed by atoms with Crippen LogP contribution in [0.4, 0.5) is 0 Å². The number of carboxylic acid groups (broad SMARTS) is 1. The number of carbonyl (C=O) groups is 1. The number of aromatic nitrogens is 2. The highest BCUT2D eigenvalue weighted by Crippen LogP contribution is 2.26. The summed E-state index contributed by atoms with van der Waals surface area (Å²) in [6, 6.07) is 18.5. The molecule has 0 radical (unpaired) electrons. The first-order chi connectivity index (χ1) is 15.4. The SMILES string of the molecule is CCCc1nc2cc(Br)c(=O)c(Br)cc2n1Cc1ccc(-c2ccccc2C(=O)O)cc1. The van der Waals surface area contributed by atoms with Crippen LogP contribution < -0.4 is 5.43 Å². The van der Waals surface area contributed by atoms with E-state index >= 15 is 0 Å². The van der Waals surface area contributed by atoms with Crippen molar-refractivity contribution in [3.05, 3.63) is 96.8 Å². The number of nitrogens with zero attached hydrogens (tertiary/aromatic N) is 2. The number of benzene rings is 2. The Bertz CT molecular complexity index is 1380. The maximum absolute atomic E-state index is 12.3. The zero-order valence-corrected chi connectivity index (χ0v) is 20.5. The molecular formula is C25H20Br2N2O3. The van der Waals surface area contributed by atoms with Gasteiger partial charge in [-0.15, -0.1) is 0 Å². The minimum Gasteiger partial charge on any atom is -0.478 e. The molecule has 7 heteroatoms. The lowest BCUT2D eigenvalue weighted by Gasteiger charge is -2.11. The average molecular weight is 556 g/mol. The maximum atomic E-state index is 12.3. The molecule has 1 heterocycles. The van der Waals surface area contributed by atoms with Crippen LogP contribution in [0, 0.1) is 0 Å². The summed E-state index contributed by atoms with van der Waals surface area (Å²) in [5, 5.41) is 9.48. The van der Waals surface area contributed by atoms with Gasteiger partial charge >= 0.3 is 5.97 Å². The lowest BCUT2D eigenvalue weighted by Crippen LogP contribution is -2.05. The molecule has 0 aliphatic heterocycles. The molecule has 0 atom stereocenters. The minimum absolute atomic E-state index is 0.118. The zero-order valence-electron chi connectivity index (χ0n) is 17.3. The van der Waals surface area contributed by atoms with Gasteiger partial charge in [-0.2, -0.15) is 0 Å².